The van der Waals surface area contributed by atoms with Crippen molar-refractivity contribution >= 4 is 17.3 Å². The largest absolute Gasteiger partial charge is 0.466 e. The van der Waals surface area contributed by atoms with Crippen LogP contribution in [-0.2, 0) is 22.4 Å². The maximum Gasteiger partial charge on any atom is 0.311 e. The summed E-state index contributed by atoms with van der Waals surface area (Å²) in [6.45, 7) is 4.36. The average Bonchev–Trinajstić information content (AvgIpc) is 2.53. The van der Waals surface area contributed by atoms with Gasteiger partial charge in [0.25, 0.3) is 0 Å². The number of aryl methyl sites for hydroxylation is 1. The third-order valence-electron chi connectivity index (χ3n) is 1.69. The highest BCUT2D eigenvalue weighted by atomic mass is 32.1. The second kappa shape index (κ2) is 5.75. The lowest BCUT2D eigenvalue weighted by molar-refractivity contribution is -0.142. The number of carbonyl (C=O) groups is 1. The van der Waals surface area contributed by atoms with Crippen LogP contribution in [0, 0.1) is 0 Å². The van der Waals surface area contributed by atoms with Crippen LogP contribution in [0.25, 0.3) is 0 Å². The van der Waals surface area contributed by atoms with E-state index in [1.807, 2.05) is 12.3 Å². The molecule has 0 aliphatic rings. The first kappa shape index (κ1) is 11.2. The molecule has 0 N–H and O–H groups in total. The normalized spacial score (nSPS) is 10.1. The molecule has 0 aliphatic heterocycles. The fourth-order valence-electron chi connectivity index (χ4n) is 1.12. The molecule has 0 radical (unpaired) electrons. The molecule has 0 atom stereocenters. The van der Waals surface area contributed by atoms with Crippen molar-refractivity contribution in [2.75, 3.05) is 6.61 Å². The second-order valence-electron chi connectivity index (χ2n) is 2.96. The molecule has 0 unspecified atom stereocenters. The Morgan fingerprint density at radius 2 is 2.36 bits per heavy atom. The lowest BCUT2D eigenvalue weighted by atomic mass is 10.3. The number of nitrogens with zero attached hydrogens (tertiary/aromatic N) is 1. The Morgan fingerprint density at radius 1 is 1.57 bits per heavy atom. The number of hydrogen-bond donors (Lipinski definition) is 0. The number of ether oxygens (including phenoxy) is 1. The van der Waals surface area contributed by atoms with Crippen LogP contribution in [0.4, 0.5) is 0 Å². The fourth-order valence-corrected chi connectivity index (χ4v) is 2.02. The van der Waals surface area contributed by atoms with Crippen LogP contribution >= 0.6 is 11.3 Å². The molecule has 0 aliphatic carbocycles. The van der Waals surface area contributed by atoms with E-state index in [0.29, 0.717) is 13.0 Å². The lowest BCUT2D eigenvalue weighted by Gasteiger charge is -1.97. The maximum absolute atomic E-state index is 11.1. The van der Waals surface area contributed by atoms with Gasteiger partial charge in [0.05, 0.1) is 23.7 Å². The molecular weight excluding hydrogens is 198 g/mol. The predicted octanol–water partition coefficient (Wildman–Crippen LogP) is 2.20. The van der Waals surface area contributed by atoms with E-state index in [4.69, 9.17) is 4.74 Å². The van der Waals surface area contributed by atoms with Crippen LogP contribution < -0.4 is 0 Å². The van der Waals surface area contributed by atoms with Crippen molar-refractivity contribution in [3.05, 3.63) is 16.1 Å². The summed E-state index contributed by atoms with van der Waals surface area (Å²) in [5, 5.41) is 3.04. The molecule has 0 spiro atoms. The Kier molecular flexibility index (Phi) is 4.59. The summed E-state index contributed by atoms with van der Waals surface area (Å²) in [6.07, 6.45) is 2.38. The van der Waals surface area contributed by atoms with Crippen LogP contribution in [0.15, 0.2) is 5.38 Å². The quantitative estimate of drug-likeness (QED) is 0.704. The Balaban J connectivity index is 2.46. The second-order valence-corrected chi connectivity index (χ2v) is 3.91. The van der Waals surface area contributed by atoms with Crippen LogP contribution in [0.5, 0.6) is 0 Å². The third-order valence-corrected chi connectivity index (χ3v) is 2.65. The van der Waals surface area contributed by atoms with Gasteiger partial charge in [-0.15, -0.1) is 11.3 Å². The maximum atomic E-state index is 11.1. The van der Waals surface area contributed by atoms with E-state index in [-0.39, 0.29) is 5.97 Å². The van der Waals surface area contributed by atoms with Crippen molar-refractivity contribution < 1.29 is 9.53 Å². The molecule has 78 valence electrons. The smallest absolute Gasteiger partial charge is 0.311 e. The van der Waals surface area contributed by atoms with E-state index in [1.54, 1.807) is 11.3 Å². The van der Waals surface area contributed by atoms with Crippen LogP contribution in [0.1, 0.15) is 31.0 Å². The minimum absolute atomic E-state index is 0.194. The first-order valence-corrected chi connectivity index (χ1v) is 5.73. The van der Waals surface area contributed by atoms with Crippen molar-refractivity contribution in [1.82, 2.24) is 4.98 Å². The molecule has 1 rings (SSSR count). The van der Waals surface area contributed by atoms with Gasteiger partial charge in [-0.2, -0.15) is 0 Å². The molecule has 0 aromatic carbocycles. The molecule has 0 fully saturated rings. The van der Waals surface area contributed by atoms with E-state index in [0.717, 1.165) is 23.5 Å². The average molecular weight is 213 g/mol. The van der Waals surface area contributed by atoms with Gasteiger partial charge in [-0.1, -0.05) is 6.92 Å². The van der Waals surface area contributed by atoms with Crippen molar-refractivity contribution in [3.63, 3.8) is 0 Å². The van der Waals surface area contributed by atoms with E-state index in [9.17, 15) is 4.79 Å². The Labute approximate surface area is 88.1 Å². The monoisotopic (exact) mass is 213 g/mol. The van der Waals surface area contributed by atoms with Gasteiger partial charge in [-0.05, 0) is 19.8 Å². The summed E-state index contributed by atoms with van der Waals surface area (Å²) < 4.78 is 4.84. The molecule has 14 heavy (non-hydrogen) atoms. The van der Waals surface area contributed by atoms with E-state index in [2.05, 4.69) is 11.9 Å². The minimum atomic E-state index is -0.194. The number of hydrogen-bond acceptors (Lipinski definition) is 4. The Morgan fingerprint density at radius 3 is 3.00 bits per heavy atom. The summed E-state index contributed by atoms with van der Waals surface area (Å²) in [7, 11) is 0. The van der Waals surface area contributed by atoms with E-state index in [1.165, 1.54) is 0 Å². The third kappa shape index (κ3) is 3.46. The van der Waals surface area contributed by atoms with Crippen LogP contribution in [0.2, 0.25) is 0 Å². The van der Waals surface area contributed by atoms with E-state index < -0.39 is 0 Å². The molecule has 4 heteroatoms. The predicted molar refractivity (Wildman–Crippen MR) is 56.4 cm³/mol. The zero-order valence-corrected chi connectivity index (χ0v) is 9.39. The number of rotatable bonds is 5. The molecule has 0 saturated heterocycles. The van der Waals surface area contributed by atoms with Crippen molar-refractivity contribution in [1.29, 1.82) is 0 Å². The number of aromatic nitrogens is 1. The standard InChI is InChI=1S/C10H15NO2S/c1-3-5-9-11-8(7-14-9)6-10(12)13-4-2/h7H,3-6H2,1-2H3. The summed E-state index contributed by atoms with van der Waals surface area (Å²) >= 11 is 1.62. The highest BCUT2D eigenvalue weighted by molar-refractivity contribution is 7.09. The molecular formula is C10H15NO2S. The molecule has 1 aromatic rings. The van der Waals surface area contributed by atoms with Crippen LogP contribution in [-0.4, -0.2) is 17.6 Å². The van der Waals surface area contributed by atoms with Crippen molar-refractivity contribution in [2.24, 2.45) is 0 Å². The van der Waals surface area contributed by atoms with Gasteiger partial charge in [0.2, 0.25) is 0 Å². The van der Waals surface area contributed by atoms with Gasteiger partial charge in [-0.25, -0.2) is 4.98 Å². The molecule has 1 aromatic heterocycles. The first-order chi connectivity index (χ1) is 6.76. The number of esters is 1. The number of carbonyl (C=O) groups excluding carboxylic acids is 1. The first-order valence-electron chi connectivity index (χ1n) is 4.85. The molecule has 3 nitrogen and oxygen atoms in total. The minimum Gasteiger partial charge on any atom is -0.466 e. The summed E-state index contributed by atoms with van der Waals surface area (Å²) in [6, 6.07) is 0. The highest BCUT2D eigenvalue weighted by Gasteiger charge is 2.07. The van der Waals surface area contributed by atoms with Gasteiger partial charge in [0.15, 0.2) is 0 Å². The Hall–Kier alpha value is -0.900. The zero-order chi connectivity index (χ0) is 10.4. The summed E-state index contributed by atoms with van der Waals surface area (Å²) in [5.41, 5.74) is 0.830. The van der Waals surface area contributed by atoms with Gasteiger partial charge in [-0.3, -0.25) is 4.79 Å². The van der Waals surface area contributed by atoms with Gasteiger partial charge < -0.3 is 4.74 Å². The summed E-state index contributed by atoms with van der Waals surface area (Å²) in [5.74, 6) is -0.194. The Bertz CT molecular complexity index is 296. The molecule has 0 bridgehead atoms. The highest BCUT2D eigenvalue weighted by Crippen LogP contribution is 2.12. The topological polar surface area (TPSA) is 39.2 Å². The molecule has 1 heterocycles. The lowest BCUT2D eigenvalue weighted by Crippen LogP contribution is -2.07. The van der Waals surface area contributed by atoms with Gasteiger partial charge in [0, 0.05) is 5.38 Å². The SMILES string of the molecule is CCCc1nc(CC(=O)OCC)cs1. The van der Waals surface area contributed by atoms with Gasteiger partial charge >= 0.3 is 5.97 Å². The molecule has 0 amide bonds. The van der Waals surface area contributed by atoms with E-state index >= 15 is 0 Å². The number of thiazole rings is 1. The van der Waals surface area contributed by atoms with Crippen molar-refractivity contribution in [3.8, 4) is 0 Å². The fraction of sp³-hybridized carbons (Fsp3) is 0.600. The van der Waals surface area contributed by atoms with Gasteiger partial charge in [0.1, 0.15) is 0 Å². The van der Waals surface area contributed by atoms with Crippen LogP contribution in [0.3, 0.4) is 0 Å². The molecule has 0 saturated carbocycles. The summed E-state index contributed by atoms with van der Waals surface area (Å²) in [4.78, 5) is 15.5. The van der Waals surface area contributed by atoms with Crippen molar-refractivity contribution in [2.45, 2.75) is 33.1 Å². The zero-order valence-electron chi connectivity index (χ0n) is 8.58.